The third-order valence-electron chi connectivity index (χ3n) is 3.50. The smallest absolute Gasteiger partial charge is 0.125 e. The number of fused-ring (bicyclic) bond motifs is 1. The van der Waals surface area contributed by atoms with E-state index in [1.54, 1.807) is 12.1 Å². The zero-order valence-electron chi connectivity index (χ0n) is 11.9. The summed E-state index contributed by atoms with van der Waals surface area (Å²) in [5.41, 5.74) is 7.40. The average molecular weight is 263 g/mol. The van der Waals surface area contributed by atoms with Crippen LogP contribution < -0.4 is 5.73 Å². The predicted molar refractivity (Wildman–Crippen MR) is 76.6 cm³/mol. The number of benzene rings is 1. The molecule has 1 atom stereocenters. The van der Waals surface area contributed by atoms with Gasteiger partial charge in [-0.3, -0.25) is 0 Å². The molecule has 0 aliphatic carbocycles. The molecule has 0 radical (unpaired) electrons. The largest absolute Gasteiger partial charge is 0.330 e. The van der Waals surface area contributed by atoms with E-state index in [4.69, 9.17) is 5.73 Å². The number of aryl methyl sites for hydroxylation is 1. The van der Waals surface area contributed by atoms with Crippen LogP contribution in [0.15, 0.2) is 18.2 Å². The second kappa shape index (κ2) is 5.70. The number of hydrogen-bond acceptors (Lipinski definition) is 2. The first-order chi connectivity index (χ1) is 9.02. The molecule has 0 aliphatic heterocycles. The van der Waals surface area contributed by atoms with Gasteiger partial charge in [-0.1, -0.05) is 6.92 Å². The molecule has 0 fully saturated rings. The zero-order chi connectivity index (χ0) is 14.0. The maximum absolute atomic E-state index is 13.4. The van der Waals surface area contributed by atoms with E-state index >= 15 is 0 Å². The van der Waals surface area contributed by atoms with Crippen molar-refractivity contribution in [3.05, 3.63) is 29.8 Å². The van der Waals surface area contributed by atoms with Gasteiger partial charge in [0.25, 0.3) is 0 Å². The summed E-state index contributed by atoms with van der Waals surface area (Å²) in [7, 11) is 0. The number of hydrogen-bond donors (Lipinski definition) is 1. The van der Waals surface area contributed by atoms with Crippen molar-refractivity contribution in [2.24, 2.45) is 11.7 Å². The molecule has 104 valence electrons. The van der Waals surface area contributed by atoms with Crippen LogP contribution in [0.4, 0.5) is 4.39 Å². The van der Waals surface area contributed by atoms with E-state index in [0.717, 1.165) is 29.7 Å². The summed E-state index contributed by atoms with van der Waals surface area (Å²) in [6.45, 7) is 7.03. The lowest BCUT2D eigenvalue weighted by Crippen LogP contribution is -2.13. The second-order valence-electron chi connectivity index (χ2n) is 5.50. The van der Waals surface area contributed by atoms with Crippen LogP contribution in [0.1, 0.15) is 39.1 Å². The number of halogens is 1. The van der Waals surface area contributed by atoms with E-state index in [-0.39, 0.29) is 11.9 Å². The molecule has 2 N–H and O–H groups in total. The fourth-order valence-electron chi connectivity index (χ4n) is 2.36. The minimum Gasteiger partial charge on any atom is -0.330 e. The third kappa shape index (κ3) is 2.95. The molecule has 4 heteroatoms. The molecular formula is C15H22FN3. The van der Waals surface area contributed by atoms with Crippen molar-refractivity contribution < 1.29 is 4.39 Å². The first kappa shape index (κ1) is 14.0. The molecule has 1 heterocycles. The predicted octanol–water partition coefficient (Wildman–Crippen LogP) is 3.28. The molecule has 1 aromatic heterocycles. The average Bonchev–Trinajstić information content (AvgIpc) is 2.73. The van der Waals surface area contributed by atoms with Crippen LogP contribution in [0, 0.1) is 11.7 Å². The number of nitrogens with two attached hydrogens (primary N) is 1. The quantitative estimate of drug-likeness (QED) is 0.899. The molecular weight excluding hydrogens is 241 g/mol. The Bertz CT molecular complexity index is 560. The van der Waals surface area contributed by atoms with Gasteiger partial charge in [0.05, 0.1) is 11.0 Å². The molecule has 0 spiro atoms. The highest BCUT2D eigenvalue weighted by molar-refractivity contribution is 5.76. The van der Waals surface area contributed by atoms with Gasteiger partial charge in [-0.15, -0.1) is 0 Å². The highest BCUT2D eigenvalue weighted by Crippen LogP contribution is 2.23. The summed E-state index contributed by atoms with van der Waals surface area (Å²) < 4.78 is 15.5. The van der Waals surface area contributed by atoms with Gasteiger partial charge in [-0.2, -0.15) is 0 Å². The van der Waals surface area contributed by atoms with Crippen molar-refractivity contribution >= 4 is 11.0 Å². The summed E-state index contributed by atoms with van der Waals surface area (Å²) in [5, 5.41) is 0. The lowest BCUT2D eigenvalue weighted by atomic mass is 10.1. The van der Waals surface area contributed by atoms with Crippen molar-refractivity contribution in [3.63, 3.8) is 0 Å². The van der Waals surface area contributed by atoms with E-state index in [9.17, 15) is 4.39 Å². The van der Waals surface area contributed by atoms with Crippen LogP contribution in [0.2, 0.25) is 0 Å². The monoisotopic (exact) mass is 263 g/mol. The molecule has 3 nitrogen and oxygen atoms in total. The first-order valence-corrected chi connectivity index (χ1v) is 6.89. The Morgan fingerprint density at radius 1 is 1.32 bits per heavy atom. The molecule has 0 amide bonds. The lowest BCUT2D eigenvalue weighted by Gasteiger charge is -2.14. The Hall–Kier alpha value is -1.42. The maximum atomic E-state index is 13.4. The van der Waals surface area contributed by atoms with E-state index in [1.165, 1.54) is 6.07 Å². The highest BCUT2D eigenvalue weighted by atomic mass is 19.1. The molecule has 2 rings (SSSR count). The van der Waals surface area contributed by atoms with Gasteiger partial charge < -0.3 is 10.3 Å². The molecule has 1 aromatic carbocycles. The summed E-state index contributed by atoms with van der Waals surface area (Å²) in [5.74, 6) is 1.30. The molecule has 0 saturated heterocycles. The normalized spacial score (nSPS) is 13.4. The Balaban J connectivity index is 2.39. The van der Waals surface area contributed by atoms with Crippen molar-refractivity contribution in [3.8, 4) is 0 Å². The van der Waals surface area contributed by atoms with E-state index in [2.05, 4.69) is 30.3 Å². The number of nitrogens with zero attached hydrogens (tertiary/aromatic N) is 2. The Kier molecular flexibility index (Phi) is 4.20. The number of imidazole rings is 1. The van der Waals surface area contributed by atoms with Gasteiger partial charge in [0.15, 0.2) is 0 Å². The SMILES string of the molecule is CC(CN)CCc1nc2ccc(F)cc2n1C(C)C. The lowest BCUT2D eigenvalue weighted by molar-refractivity contribution is 0.510. The Morgan fingerprint density at radius 3 is 2.68 bits per heavy atom. The van der Waals surface area contributed by atoms with Gasteiger partial charge in [0.2, 0.25) is 0 Å². The van der Waals surface area contributed by atoms with Gasteiger partial charge in [-0.05, 0) is 50.9 Å². The van der Waals surface area contributed by atoms with Crippen LogP contribution in [0.25, 0.3) is 11.0 Å². The van der Waals surface area contributed by atoms with Crippen molar-refractivity contribution in [1.82, 2.24) is 9.55 Å². The Labute approximate surface area is 113 Å². The summed E-state index contributed by atoms with van der Waals surface area (Å²) >= 11 is 0. The van der Waals surface area contributed by atoms with Gasteiger partial charge in [0.1, 0.15) is 11.6 Å². The topological polar surface area (TPSA) is 43.8 Å². The summed E-state index contributed by atoms with van der Waals surface area (Å²) in [4.78, 5) is 4.64. The fraction of sp³-hybridized carbons (Fsp3) is 0.533. The minimum atomic E-state index is -0.212. The zero-order valence-corrected chi connectivity index (χ0v) is 11.9. The van der Waals surface area contributed by atoms with Crippen LogP contribution >= 0.6 is 0 Å². The number of aromatic nitrogens is 2. The molecule has 19 heavy (non-hydrogen) atoms. The minimum absolute atomic E-state index is 0.212. The van der Waals surface area contributed by atoms with E-state index < -0.39 is 0 Å². The van der Waals surface area contributed by atoms with Gasteiger partial charge in [-0.25, -0.2) is 9.37 Å². The van der Waals surface area contributed by atoms with Crippen molar-refractivity contribution in [1.29, 1.82) is 0 Å². The molecule has 0 saturated carbocycles. The number of rotatable bonds is 5. The molecule has 1 unspecified atom stereocenters. The summed E-state index contributed by atoms with van der Waals surface area (Å²) in [6.07, 6.45) is 1.89. The van der Waals surface area contributed by atoms with Crippen LogP contribution in [0.3, 0.4) is 0 Å². The van der Waals surface area contributed by atoms with Gasteiger partial charge in [0, 0.05) is 12.5 Å². The Morgan fingerprint density at radius 2 is 2.05 bits per heavy atom. The summed E-state index contributed by atoms with van der Waals surface area (Å²) in [6, 6.07) is 5.05. The van der Waals surface area contributed by atoms with E-state index in [1.807, 2.05) is 0 Å². The van der Waals surface area contributed by atoms with Crippen LogP contribution in [-0.2, 0) is 6.42 Å². The second-order valence-corrected chi connectivity index (χ2v) is 5.50. The van der Waals surface area contributed by atoms with Crippen LogP contribution in [-0.4, -0.2) is 16.1 Å². The van der Waals surface area contributed by atoms with E-state index in [0.29, 0.717) is 12.5 Å². The van der Waals surface area contributed by atoms with Gasteiger partial charge >= 0.3 is 0 Å². The molecule has 2 aromatic rings. The third-order valence-corrected chi connectivity index (χ3v) is 3.50. The first-order valence-electron chi connectivity index (χ1n) is 6.89. The molecule has 0 bridgehead atoms. The fourth-order valence-corrected chi connectivity index (χ4v) is 2.36. The van der Waals surface area contributed by atoms with Crippen molar-refractivity contribution in [2.45, 2.75) is 39.7 Å². The molecule has 0 aliphatic rings. The maximum Gasteiger partial charge on any atom is 0.125 e. The standard InChI is InChI=1S/C15H22FN3/c1-10(2)19-14-8-12(16)5-6-13(14)18-15(19)7-4-11(3)9-17/h5-6,8,10-11H,4,7,9,17H2,1-3H3. The highest BCUT2D eigenvalue weighted by Gasteiger charge is 2.14. The van der Waals surface area contributed by atoms with Crippen LogP contribution in [0.5, 0.6) is 0 Å². The van der Waals surface area contributed by atoms with Crippen molar-refractivity contribution in [2.75, 3.05) is 6.54 Å².